The van der Waals surface area contributed by atoms with E-state index in [4.69, 9.17) is 0 Å². The van der Waals surface area contributed by atoms with Crippen molar-refractivity contribution in [3.8, 4) is 5.95 Å². The molecule has 1 aliphatic rings. The first-order chi connectivity index (χ1) is 14.3. The van der Waals surface area contributed by atoms with Crippen LogP contribution in [0.3, 0.4) is 0 Å². The maximum atomic E-state index is 13.0. The summed E-state index contributed by atoms with van der Waals surface area (Å²) in [5.41, 5.74) is 3.40. The number of aromatic nitrogens is 3. The molecule has 0 radical (unpaired) electrons. The van der Waals surface area contributed by atoms with Crippen LogP contribution in [0.25, 0.3) is 27.9 Å². The molecule has 0 aliphatic carbocycles. The van der Waals surface area contributed by atoms with Crippen LogP contribution in [0.5, 0.6) is 0 Å². The Morgan fingerprint density at radius 3 is 2.66 bits per heavy atom. The van der Waals surface area contributed by atoms with Gasteiger partial charge in [0, 0.05) is 30.2 Å². The zero-order valence-corrected chi connectivity index (χ0v) is 16.4. The van der Waals surface area contributed by atoms with Crippen LogP contribution in [0.2, 0.25) is 0 Å². The Morgan fingerprint density at radius 1 is 1.00 bits per heavy atom. The molecule has 29 heavy (non-hydrogen) atoms. The van der Waals surface area contributed by atoms with Crippen molar-refractivity contribution >= 4 is 27.6 Å². The maximum absolute atomic E-state index is 13.0. The number of pyridine rings is 1. The van der Waals surface area contributed by atoms with Gasteiger partial charge in [-0.3, -0.25) is 4.79 Å². The van der Waals surface area contributed by atoms with Gasteiger partial charge in [0.15, 0.2) is 0 Å². The third kappa shape index (κ3) is 3.51. The van der Waals surface area contributed by atoms with E-state index in [1.165, 1.54) is 32.4 Å². The molecule has 4 aromatic rings. The van der Waals surface area contributed by atoms with Gasteiger partial charge in [0.2, 0.25) is 5.95 Å². The van der Waals surface area contributed by atoms with E-state index in [1.807, 2.05) is 42.5 Å². The summed E-state index contributed by atoms with van der Waals surface area (Å²) in [6.45, 7) is 4.19. The van der Waals surface area contributed by atoms with Gasteiger partial charge in [0.25, 0.3) is 5.56 Å². The Balaban J connectivity index is 1.49. The van der Waals surface area contributed by atoms with Crippen molar-refractivity contribution in [1.29, 1.82) is 0 Å². The standard InChI is InChI=1S/C23H25N5O/c29-22-16-20(24-12-15-27-13-6-1-7-14-27)17-8-2-5-11-21(17)28(22)23-25-18-9-3-4-10-19(18)26-23/h2-5,8-11,16,24H,1,6-7,12-15H2,(H,25,26). The SMILES string of the molecule is O=c1cc(NCCN2CCCCC2)c2ccccc2n1-c1nc2ccccc2[nH]1. The van der Waals surface area contributed by atoms with Crippen molar-refractivity contribution in [2.45, 2.75) is 19.3 Å². The van der Waals surface area contributed by atoms with E-state index in [-0.39, 0.29) is 5.56 Å². The highest BCUT2D eigenvalue weighted by Crippen LogP contribution is 2.24. The molecule has 5 rings (SSSR count). The number of imidazole rings is 1. The summed E-state index contributed by atoms with van der Waals surface area (Å²) in [6.07, 6.45) is 3.92. The van der Waals surface area contributed by atoms with Gasteiger partial charge in [-0.1, -0.05) is 36.8 Å². The van der Waals surface area contributed by atoms with Gasteiger partial charge in [-0.25, -0.2) is 9.55 Å². The molecule has 0 unspecified atom stereocenters. The number of H-pyrrole nitrogens is 1. The predicted octanol–water partition coefficient (Wildman–Crippen LogP) is 3.76. The van der Waals surface area contributed by atoms with Gasteiger partial charge < -0.3 is 15.2 Å². The predicted molar refractivity (Wildman–Crippen MR) is 118 cm³/mol. The van der Waals surface area contributed by atoms with E-state index in [0.29, 0.717) is 5.95 Å². The summed E-state index contributed by atoms with van der Waals surface area (Å²) < 4.78 is 1.66. The van der Waals surface area contributed by atoms with Gasteiger partial charge in [0.1, 0.15) is 0 Å². The van der Waals surface area contributed by atoms with E-state index in [2.05, 4.69) is 26.3 Å². The molecule has 6 nitrogen and oxygen atoms in total. The number of aromatic amines is 1. The van der Waals surface area contributed by atoms with E-state index >= 15 is 0 Å². The summed E-state index contributed by atoms with van der Waals surface area (Å²) >= 11 is 0. The zero-order valence-electron chi connectivity index (χ0n) is 16.4. The number of fused-ring (bicyclic) bond motifs is 2. The number of anilines is 1. The van der Waals surface area contributed by atoms with Gasteiger partial charge in [-0.2, -0.15) is 0 Å². The molecule has 0 saturated carbocycles. The number of nitrogens with zero attached hydrogens (tertiary/aromatic N) is 3. The Labute approximate surface area is 169 Å². The van der Waals surface area contributed by atoms with E-state index in [0.717, 1.165) is 40.7 Å². The van der Waals surface area contributed by atoms with Crippen LogP contribution in [0.4, 0.5) is 5.69 Å². The van der Waals surface area contributed by atoms with Crippen molar-refractivity contribution in [2.24, 2.45) is 0 Å². The Morgan fingerprint density at radius 2 is 1.79 bits per heavy atom. The maximum Gasteiger partial charge on any atom is 0.260 e. The fraction of sp³-hybridized carbons (Fsp3) is 0.304. The molecule has 148 valence electrons. The molecule has 1 fully saturated rings. The first-order valence-corrected chi connectivity index (χ1v) is 10.4. The fourth-order valence-corrected chi connectivity index (χ4v) is 4.22. The first-order valence-electron chi connectivity index (χ1n) is 10.4. The Bertz CT molecular complexity index is 1170. The number of benzene rings is 2. The number of nitrogens with one attached hydrogen (secondary N) is 2. The number of likely N-dealkylation sites (tertiary alicyclic amines) is 1. The van der Waals surface area contributed by atoms with Gasteiger partial charge in [-0.15, -0.1) is 0 Å². The van der Waals surface area contributed by atoms with Crippen LogP contribution in [-0.2, 0) is 0 Å². The zero-order chi connectivity index (χ0) is 19.6. The molecular formula is C23H25N5O. The average Bonchev–Trinajstić information content (AvgIpc) is 3.18. The second-order valence-corrected chi connectivity index (χ2v) is 7.66. The van der Waals surface area contributed by atoms with Crippen LogP contribution in [0, 0.1) is 0 Å². The quantitative estimate of drug-likeness (QED) is 0.547. The molecule has 0 atom stereocenters. The summed E-state index contributed by atoms with van der Waals surface area (Å²) in [5, 5.41) is 4.52. The molecule has 0 amide bonds. The van der Waals surface area contributed by atoms with Crippen LogP contribution >= 0.6 is 0 Å². The van der Waals surface area contributed by atoms with Crippen LogP contribution in [0.1, 0.15) is 19.3 Å². The molecule has 3 heterocycles. The summed E-state index contributed by atoms with van der Waals surface area (Å²) in [4.78, 5) is 23.4. The largest absolute Gasteiger partial charge is 0.383 e. The minimum absolute atomic E-state index is 0.0942. The molecule has 1 saturated heterocycles. The van der Waals surface area contributed by atoms with Crippen LogP contribution in [0.15, 0.2) is 59.4 Å². The highest BCUT2D eigenvalue weighted by molar-refractivity contribution is 5.92. The third-order valence-corrected chi connectivity index (χ3v) is 5.70. The van der Waals surface area contributed by atoms with Crippen molar-refractivity contribution < 1.29 is 0 Å². The molecule has 0 bridgehead atoms. The normalized spacial score (nSPS) is 15.2. The third-order valence-electron chi connectivity index (χ3n) is 5.70. The molecular weight excluding hydrogens is 362 g/mol. The number of para-hydroxylation sites is 3. The second-order valence-electron chi connectivity index (χ2n) is 7.66. The van der Waals surface area contributed by atoms with E-state index < -0.39 is 0 Å². The number of hydrogen-bond donors (Lipinski definition) is 2. The fourth-order valence-electron chi connectivity index (χ4n) is 4.22. The van der Waals surface area contributed by atoms with Gasteiger partial charge in [-0.05, 0) is 44.1 Å². The van der Waals surface area contributed by atoms with Crippen LogP contribution in [-0.4, -0.2) is 45.6 Å². The van der Waals surface area contributed by atoms with Crippen molar-refractivity contribution in [1.82, 2.24) is 19.4 Å². The van der Waals surface area contributed by atoms with E-state index in [1.54, 1.807) is 10.6 Å². The number of piperidine rings is 1. The first kappa shape index (κ1) is 17.9. The minimum atomic E-state index is -0.0942. The van der Waals surface area contributed by atoms with Gasteiger partial charge >= 0.3 is 0 Å². The molecule has 6 heteroatoms. The average molecular weight is 387 g/mol. The summed E-state index contributed by atoms with van der Waals surface area (Å²) in [5.74, 6) is 0.548. The second kappa shape index (κ2) is 7.72. The number of rotatable bonds is 5. The molecule has 2 aromatic carbocycles. The smallest absolute Gasteiger partial charge is 0.260 e. The highest BCUT2D eigenvalue weighted by Gasteiger charge is 2.14. The molecule has 2 N–H and O–H groups in total. The Hall–Kier alpha value is -3.12. The summed E-state index contributed by atoms with van der Waals surface area (Å²) in [7, 11) is 0. The van der Waals surface area contributed by atoms with Crippen LogP contribution < -0.4 is 10.9 Å². The van der Waals surface area contributed by atoms with E-state index in [9.17, 15) is 4.79 Å². The van der Waals surface area contributed by atoms with Crippen molar-refractivity contribution in [2.75, 3.05) is 31.5 Å². The molecule has 2 aromatic heterocycles. The van der Waals surface area contributed by atoms with Gasteiger partial charge in [0.05, 0.1) is 16.6 Å². The number of hydrogen-bond acceptors (Lipinski definition) is 4. The lowest BCUT2D eigenvalue weighted by molar-refractivity contribution is 0.237. The lowest BCUT2D eigenvalue weighted by Crippen LogP contribution is -2.33. The molecule has 0 spiro atoms. The highest BCUT2D eigenvalue weighted by atomic mass is 16.1. The monoisotopic (exact) mass is 387 g/mol. The summed E-state index contributed by atoms with van der Waals surface area (Å²) in [6, 6.07) is 17.5. The molecule has 1 aliphatic heterocycles. The van der Waals surface area contributed by atoms with Crippen molar-refractivity contribution in [3.63, 3.8) is 0 Å². The lowest BCUT2D eigenvalue weighted by atomic mass is 10.1. The minimum Gasteiger partial charge on any atom is -0.383 e. The topological polar surface area (TPSA) is 66.0 Å². The van der Waals surface area contributed by atoms with Crippen molar-refractivity contribution in [3.05, 3.63) is 65.0 Å². The Kier molecular flexibility index (Phi) is 4.77. The lowest BCUT2D eigenvalue weighted by Gasteiger charge is -2.26.